The minimum atomic E-state index is 0.648. The van der Waals surface area contributed by atoms with E-state index >= 15 is 0 Å². The Bertz CT molecular complexity index is 3340. The van der Waals surface area contributed by atoms with Gasteiger partial charge in [-0.2, -0.15) is 0 Å². The molecule has 4 aromatic heterocycles. The standard InChI is InChI=1S/C53H32N2O3/c1-4-10-48-42(7-1)45-27-19-36(30-51(45)56-48)33-13-21-39(22-14-33)55(40-23-15-34(16-24-40)37-20-28-46-43-8-2-5-11-49(43)57-52(46)31-37)41-25-17-35(18-26-41)38-29-47-44-9-3-6-12-50(44)58-53(47)54-32-38/h1-32H. The second-order valence-corrected chi connectivity index (χ2v) is 14.8. The minimum Gasteiger partial charge on any atom is -0.456 e. The van der Waals surface area contributed by atoms with Crippen LogP contribution in [0.1, 0.15) is 0 Å². The van der Waals surface area contributed by atoms with Crippen molar-refractivity contribution in [2.24, 2.45) is 0 Å². The average Bonchev–Trinajstić information content (AvgIpc) is 3.97. The van der Waals surface area contributed by atoms with E-state index in [1.165, 1.54) is 0 Å². The Morgan fingerprint density at radius 2 is 0.672 bits per heavy atom. The normalized spacial score (nSPS) is 11.8. The molecule has 0 bridgehead atoms. The number of aromatic nitrogens is 1. The van der Waals surface area contributed by atoms with Gasteiger partial charge in [0.1, 0.15) is 27.9 Å². The van der Waals surface area contributed by atoms with Crippen LogP contribution in [-0.2, 0) is 0 Å². The Morgan fingerprint density at radius 1 is 0.293 bits per heavy atom. The quantitative estimate of drug-likeness (QED) is 0.170. The van der Waals surface area contributed by atoms with Gasteiger partial charge >= 0.3 is 0 Å². The molecule has 5 nitrogen and oxygen atoms in total. The third kappa shape index (κ3) is 5.29. The molecule has 0 amide bonds. The molecule has 0 aliphatic heterocycles. The van der Waals surface area contributed by atoms with Crippen LogP contribution in [0.2, 0.25) is 0 Å². The van der Waals surface area contributed by atoms with Gasteiger partial charge in [0, 0.05) is 61.1 Å². The summed E-state index contributed by atoms with van der Waals surface area (Å²) in [5.74, 6) is 0. The summed E-state index contributed by atoms with van der Waals surface area (Å²) < 4.78 is 18.4. The second kappa shape index (κ2) is 12.8. The van der Waals surface area contributed by atoms with Crippen molar-refractivity contribution in [1.29, 1.82) is 0 Å². The first-order valence-corrected chi connectivity index (χ1v) is 19.4. The summed E-state index contributed by atoms with van der Waals surface area (Å²) >= 11 is 0. The van der Waals surface area contributed by atoms with Gasteiger partial charge in [-0.1, -0.05) is 103 Å². The van der Waals surface area contributed by atoms with Crippen molar-refractivity contribution in [3.05, 3.63) is 194 Å². The molecule has 8 aromatic carbocycles. The molecule has 0 fully saturated rings. The number of rotatable bonds is 6. The highest BCUT2D eigenvalue weighted by molar-refractivity contribution is 6.07. The summed E-state index contributed by atoms with van der Waals surface area (Å²) in [6, 6.07) is 65.8. The molecular formula is C53H32N2O3. The van der Waals surface area contributed by atoms with Crippen LogP contribution in [0.25, 0.3) is 99.3 Å². The van der Waals surface area contributed by atoms with E-state index in [0.29, 0.717) is 5.71 Å². The fraction of sp³-hybridized carbons (Fsp3) is 0. The van der Waals surface area contributed by atoms with Crippen LogP contribution in [0, 0.1) is 0 Å². The van der Waals surface area contributed by atoms with E-state index in [-0.39, 0.29) is 0 Å². The van der Waals surface area contributed by atoms with Gasteiger partial charge in [0.2, 0.25) is 5.71 Å². The van der Waals surface area contributed by atoms with Gasteiger partial charge in [0.25, 0.3) is 0 Å². The maximum atomic E-state index is 6.22. The highest BCUT2D eigenvalue weighted by atomic mass is 16.3. The molecule has 0 radical (unpaired) electrons. The van der Waals surface area contributed by atoms with E-state index in [2.05, 4.69) is 155 Å². The summed E-state index contributed by atoms with van der Waals surface area (Å²) in [4.78, 5) is 6.98. The van der Waals surface area contributed by atoms with Crippen molar-refractivity contribution >= 4 is 83.0 Å². The van der Waals surface area contributed by atoms with Crippen molar-refractivity contribution in [3.8, 4) is 33.4 Å². The lowest BCUT2D eigenvalue weighted by atomic mass is 10.0. The van der Waals surface area contributed by atoms with Crippen molar-refractivity contribution in [1.82, 2.24) is 4.98 Å². The number of nitrogens with zero attached hydrogens (tertiary/aromatic N) is 2. The molecule has 0 aliphatic rings. The topological polar surface area (TPSA) is 55.6 Å². The van der Waals surface area contributed by atoms with Crippen molar-refractivity contribution in [2.75, 3.05) is 4.90 Å². The lowest BCUT2D eigenvalue weighted by molar-refractivity contribution is 0.654. The van der Waals surface area contributed by atoms with Crippen LogP contribution in [0.4, 0.5) is 17.1 Å². The molecule has 4 heterocycles. The smallest absolute Gasteiger partial charge is 0.227 e. The predicted molar refractivity (Wildman–Crippen MR) is 237 cm³/mol. The molecule has 0 spiro atoms. The van der Waals surface area contributed by atoms with Crippen molar-refractivity contribution < 1.29 is 13.3 Å². The molecule has 12 rings (SSSR count). The number of para-hydroxylation sites is 3. The van der Waals surface area contributed by atoms with Crippen LogP contribution in [0.3, 0.4) is 0 Å². The van der Waals surface area contributed by atoms with E-state index in [1.54, 1.807) is 0 Å². The molecule has 0 unspecified atom stereocenters. The Kier molecular flexibility index (Phi) is 7.16. The predicted octanol–water partition coefficient (Wildman–Crippen LogP) is 15.3. The Hall–Kier alpha value is -7.89. The SMILES string of the molecule is c1ccc2c(c1)oc1cc(-c3ccc(N(c4ccc(-c5ccc6c(c5)oc5ccccc56)cc4)c4ccc(-c5cnc6oc7ccccc7c6c5)cc4)cc3)ccc12. The number of anilines is 3. The molecule has 5 heteroatoms. The lowest BCUT2D eigenvalue weighted by Gasteiger charge is -2.26. The molecule has 272 valence electrons. The summed E-state index contributed by atoms with van der Waals surface area (Å²) in [5, 5.41) is 6.60. The molecular weight excluding hydrogens is 713 g/mol. The van der Waals surface area contributed by atoms with E-state index in [1.807, 2.05) is 48.7 Å². The molecule has 0 atom stereocenters. The highest BCUT2D eigenvalue weighted by Gasteiger charge is 2.16. The van der Waals surface area contributed by atoms with E-state index in [9.17, 15) is 0 Å². The van der Waals surface area contributed by atoms with Gasteiger partial charge in [0.05, 0.1) is 0 Å². The number of benzene rings is 8. The fourth-order valence-corrected chi connectivity index (χ4v) is 8.43. The molecule has 0 N–H and O–H groups in total. The molecule has 0 saturated heterocycles. The van der Waals surface area contributed by atoms with Crippen LogP contribution in [0.5, 0.6) is 0 Å². The maximum Gasteiger partial charge on any atom is 0.227 e. The lowest BCUT2D eigenvalue weighted by Crippen LogP contribution is -2.09. The third-order valence-corrected chi connectivity index (χ3v) is 11.4. The number of hydrogen-bond acceptors (Lipinski definition) is 5. The van der Waals surface area contributed by atoms with Crippen molar-refractivity contribution in [3.63, 3.8) is 0 Å². The fourth-order valence-electron chi connectivity index (χ4n) is 8.43. The Morgan fingerprint density at radius 3 is 1.16 bits per heavy atom. The Labute approximate surface area is 332 Å². The van der Waals surface area contributed by atoms with Crippen LogP contribution >= 0.6 is 0 Å². The van der Waals surface area contributed by atoms with E-state index < -0.39 is 0 Å². The molecule has 0 saturated carbocycles. The van der Waals surface area contributed by atoms with Gasteiger partial charge in [-0.15, -0.1) is 0 Å². The van der Waals surface area contributed by atoms with Crippen LogP contribution in [-0.4, -0.2) is 4.98 Å². The van der Waals surface area contributed by atoms with Gasteiger partial charge < -0.3 is 18.2 Å². The molecule has 0 aliphatic carbocycles. The van der Waals surface area contributed by atoms with Crippen LogP contribution < -0.4 is 4.90 Å². The molecule has 58 heavy (non-hydrogen) atoms. The van der Waals surface area contributed by atoms with Gasteiger partial charge in [0.15, 0.2) is 0 Å². The van der Waals surface area contributed by atoms with Crippen LogP contribution in [0.15, 0.2) is 208 Å². The highest BCUT2D eigenvalue weighted by Crippen LogP contribution is 2.40. The second-order valence-electron chi connectivity index (χ2n) is 14.8. The summed E-state index contributed by atoms with van der Waals surface area (Å²) in [6.45, 7) is 0. The van der Waals surface area contributed by atoms with E-state index in [4.69, 9.17) is 13.3 Å². The van der Waals surface area contributed by atoms with Gasteiger partial charge in [-0.3, -0.25) is 0 Å². The van der Waals surface area contributed by atoms with Gasteiger partial charge in [-0.05, 0) is 113 Å². The zero-order chi connectivity index (χ0) is 38.2. The van der Waals surface area contributed by atoms with Gasteiger partial charge in [-0.25, -0.2) is 4.98 Å². The van der Waals surface area contributed by atoms with E-state index in [0.717, 1.165) is 111 Å². The first-order valence-electron chi connectivity index (χ1n) is 19.4. The maximum absolute atomic E-state index is 6.22. The number of hydrogen-bond donors (Lipinski definition) is 0. The summed E-state index contributed by atoms with van der Waals surface area (Å²) in [6.07, 6.45) is 1.89. The monoisotopic (exact) mass is 744 g/mol. The average molecular weight is 745 g/mol. The third-order valence-electron chi connectivity index (χ3n) is 11.4. The number of pyridine rings is 1. The first-order chi connectivity index (χ1) is 28.7. The van der Waals surface area contributed by atoms with Crippen molar-refractivity contribution in [2.45, 2.75) is 0 Å². The number of fused-ring (bicyclic) bond motifs is 9. The molecule has 12 aromatic rings. The summed E-state index contributed by atoms with van der Waals surface area (Å²) in [5.41, 5.74) is 14.8. The first kappa shape index (κ1) is 32.4. The number of furan rings is 3. The summed E-state index contributed by atoms with van der Waals surface area (Å²) in [7, 11) is 0. The Balaban J connectivity index is 0.915. The zero-order valence-corrected chi connectivity index (χ0v) is 31.1. The largest absolute Gasteiger partial charge is 0.456 e. The minimum absolute atomic E-state index is 0.648. The zero-order valence-electron chi connectivity index (χ0n) is 31.1.